The number of hydrogen-bond acceptors (Lipinski definition) is 2. The van der Waals surface area contributed by atoms with E-state index in [4.69, 9.17) is 0 Å². The quantitative estimate of drug-likeness (QED) is 0.791. The van der Waals surface area contributed by atoms with Crippen LogP contribution in [0.2, 0.25) is 0 Å². The number of hydrogen-bond donors (Lipinski definition) is 1. The fraction of sp³-hybridized carbons (Fsp3) is 0.636. The van der Waals surface area contributed by atoms with E-state index < -0.39 is 6.43 Å². The van der Waals surface area contributed by atoms with Crippen LogP contribution in [0.15, 0.2) is 10.8 Å². The van der Waals surface area contributed by atoms with Gasteiger partial charge in [0.1, 0.15) is 0 Å². The topological polar surface area (TPSA) is 12.0 Å². The van der Waals surface area contributed by atoms with Crippen LogP contribution in [0.1, 0.15) is 37.3 Å². The summed E-state index contributed by atoms with van der Waals surface area (Å²) in [6, 6.07) is 0. The maximum Gasteiger partial charge on any atom is 0.250 e. The second-order valence-corrected chi connectivity index (χ2v) is 4.43. The van der Waals surface area contributed by atoms with Crippen molar-refractivity contribution < 1.29 is 8.78 Å². The molecule has 0 aliphatic rings. The van der Waals surface area contributed by atoms with Gasteiger partial charge in [0.25, 0.3) is 6.43 Å². The van der Waals surface area contributed by atoms with Crippen LogP contribution in [0, 0.1) is 0 Å². The van der Waals surface area contributed by atoms with E-state index in [9.17, 15) is 8.78 Å². The highest BCUT2D eigenvalue weighted by atomic mass is 32.1. The van der Waals surface area contributed by atoms with Gasteiger partial charge in [-0.1, -0.05) is 13.8 Å². The van der Waals surface area contributed by atoms with Crippen molar-refractivity contribution >= 4 is 11.3 Å². The Morgan fingerprint density at radius 1 is 1.40 bits per heavy atom. The van der Waals surface area contributed by atoms with Crippen molar-refractivity contribution in [3.05, 3.63) is 21.9 Å². The molecule has 0 fully saturated rings. The van der Waals surface area contributed by atoms with E-state index in [1.165, 1.54) is 5.56 Å². The Morgan fingerprint density at radius 3 is 2.73 bits per heavy atom. The average molecular weight is 233 g/mol. The summed E-state index contributed by atoms with van der Waals surface area (Å²) in [6.07, 6.45) is -1.19. The Kier molecular flexibility index (Phi) is 5.19. The van der Waals surface area contributed by atoms with Crippen LogP contribution in [-0.2, 0) is 6.54 Å². The number of halogens is 2. The van der Waals surface area contributed by atoms with Crippen molar-refractivity contribution in [1.29, 1.82) is 0 Å². The monoisotopic (exact) mass is 233 g/mol. The lowest BCUT2D eigenvalue weighted by atomic mass is 9.98. The van der Waals surface area contributed by atoms with Crippen molar-refractivity contribution in [2.75, 3.05) is 6.54 Å². The molecule has 15 heavy (non-hydrogen) atoms. The molecule has 1 aromatic heterocycles. The molecule has 0 saturated carbocycles. The van der Waals surface area contributed by atoms with Gasteiger partial charge in [-0.3, -0.25) is 0 Å². The minimum atomic E-state index is -2.27. The molecule has 0 saturated heterocycles. The molecule has 0 radical (unpaired) electrons. The third kappa shape index (κ3) is 3.87. The molecule has 4 heteroatoms. The number of thiophene rings is 1. The van der Waals surface area contributed by atoms with E-state index in [-0.39, 0.29) is 6.54 Å². The van der Waals surface area contributed by atoms with Gasteiger partial charge in [0.15, 0.2) is 0 Å². The first-order chi connectivity index (χ1) is 7.15. The van der Waals surface area contributed by atoms with Crippen LogP contribution in [-0.4, -0.2) is 13.0 Å². The largest absolute Gasteiger partial charge is 0.307 e. The first-order valence-corrected chi connectivity index (χ1v) is 6.13. The summed E-state index contributed by atoms with van der Waals surface area (Å²) in [6.45, 7) is 4.63. The van der Waals surface area contributed by atoms with Gasteiger partial charge in [0, 0.05) is 6.54 Å². The number of rotatable bonds is 6. The summed E-state index contributed by atoms with van der Waals surface area (Å²) in [5.74, 6) is 0.514. The number of alkyl halides is 2. The fourth-order valence-electron chi connectivity index (χ4n) is 1.45. The maximum absolute atomic E-state index is 11.9. The normalized spacial score (nSPS) is 13.4. The van der Waals surface area contributed by atoms with Crippen LogP contribution in [0.5, 0.6) is 0 Å². The second kappa shape index (κ2) is 6.18. The van der Waals surface area contributed by atoms with E-state index in [1.54, 1.807) is 11.3 Å². The third-order valence-electron chi connectivity index (χ3n) is 2.53. The predicted molar refractivity (Wildman–Crippen MR) is 60.7 cm³/mol. The van der Waals surface area contributed by atoms with Gasteiger partial charge in [-0.15, -0.1) is 0 Å². The summed E-state index contributed by atoms with van der Waals surface area (Å²) < 4.78 is 23.9. The van der Waals surface area contributed by atoms with Gasteiger partial charge in [-0.25, -0.2) is 8.78 Å². The van der Waals surface area contributed by atoms with Crippen molar-refractivity contribution in [2.24, 2.45) is 0 Å². The molecule has 0 bridgehead atoms. The van der Waals surface area contributed by atoms with E-state index >= 15 is 0 Å². The summed E-state index contributed by atoms with van der Waals surface area (Å²) in [5, 5.41) is 6.92. The summed E-state index contributed by atoms with van der Waals surface area (Å²) in [7, 11) is 0. The highest BCUT2D eigenvalue weighted by Gasteiger charge is 2.10. The minimum absolute atomic E-state index is 0.226. The lowest BCUT2D eigenvalue weighted by molar-refractivity contribution is 0.145. The van der Waals surface area contributed by atoms with Crippen LogP contribution < -0.4 is 5.32 Å². The molecule has 1 atom stereocenters. The van der Waals surface area contributed by atoms with Crippen molar-refractivity contribution in [2.45, 2.75) is 39.2 Å². The van der Waals surface area contributed by atoms with Gasteiger partial charge in [-0.05, 0) is 34.2 Å². The Balaban J connectivity index is 2.50. The Hall–Kier alpha value is -0.480. The zero-order valence-electron chi connectivity index (χ0n) is 9.09. The molecule has 86 valence electrons. The summed E-state index contributed by atoms with van der Waals surface area (Å²) in [5.41, 5.74) is 2.46. The lowest BCUT2D eigenvalue weighted by Crippen LogP contribution is -2.21. The van der Waals surface area contributed by atoms with E-state index in [0.717, 1.165) is 12.0 Å². The molecule has 1 unspecified atom stereocenters. The van der Waals surface area contributed by atoms with Gasteiger partial charge in [-0.2, -0.15) is 11.3 Å². The first-order valence-electron chi connectivity index (χ1n) is 5.19. The standard InChI is InChI=1S/C11H17F2NS/c1-3-8(2)10-7-15-6-9(10)4-14-5-11(12)13/h6-8,11,14H,3-5H2,1-2H3. The SMILES string of the molecule is CCC(C)c1cscc1CNCC(F)F. The summed E-state index contributed by atoms with van der Waals surface area (Å²) >= 11 is 1.64. The summed E-state index contributed by atoms with van der Waals surface area (Å²) in [4.78, 5) is 0. The molecule has 0 aromatic carbocycles. The van der Waals surface area contributed by atoms with E-state index in [0.29, 0.717) is 12.5 Å². The average Bonchev–Trinajstić information content (AvgIpc) is 2.64. The first kappa shape index (κ1) is 12.6. The molecule has 1 rings (SSSR count). The van der Waals surface area contributed by atoms with Crippen molar-refractivity contribution in [3.8, 4) is 0 Å². The van der Waals surface area contributed by atoms with Crippen LogP contribution in [0.3, 0.4) is 0 Å². The lowest BCUT2D eigenvalue weighted by Gasteiger charge is -2.10. The Morgan fingerprint density at radius 2 is 2.13 bits per heavy atom. The third-order valence-corrected chi connectivity index (χ3v) is 3.34. The molecular weight excluding hydrogens is 216 g/mol. The predicted octanol–water partition coefficient (Wildman–Crippen LogP) is 3.62. The molecule has 0 aliphatic heterocycles. The Bertz CT molecular complexity index is 286. The van der Waals surface area contributed by atoms with Crippen LogP contribution >= 0.6 is 11.3 Å². The highest BCUT2D eigenvalue weighted by Crippen LogP contribution is 2.26. The smallest absolute Gasteiger partial charge is 0.250 e. The zero-order valence-corrected chi connectivity index (χ0v) is 9.91. The highest BCUT2D eigenvalue weighted by molar-refractivity contribution is 7.08. The maximum atomic E-state index is 11.9. The minimum Gasteiger partial charge on any atom is -0.307 e. The van der Waals surface area contributed by atoms with Gasteiger partial charge < -0.3 is 5.32 Å². The Labute approximate surface area is 93.5 Å². The molecule has 1 heterocycles. The molecule has 0 aliphatic carbocycles. The molecule has 0 spiro atoms. The second-order valence-electron chi connectivity index (χ2n) is 3.68. The fourth-order valence-corrected chi connectivity index (χ4v) is 2.43. The van der Waals surface area contributed by atoms with Gasteiger partial charge in [0.05, 0.1) is 6.54 Å². The van der Waals surface area contributed by atoms with E-state index in [2.05, 4.69) is 24.5 Å². The molecule has 1 nitrogen and oxygen atoms in total. The van der Waals surface area contributed by atoms with Crippen LogP contribution in [0.4, 0.5) is 8.78 Å². The zero-order chi connectivity index (χ0) is 11.3. The van der Waals surface area contributed by atoms with Crippen LogP contribution in [0.25, 0.3) is 0 Å². The molecular formula is C11H17F2NS. The van der Waals surface area contributed by atoms with Crippen molar-refractivity contribution in [3.63, 3.8) is 0 Å². The number of nitrogens with one attached hydrogen (secondary N) is 1. The van der Waals surface area contributed by atoms with Gasteiger partial charge >= 0.3 is 0 Å². The molecule has 0 amide bonds. The van der Waals surface area contributed by atoms with E-state index in [1.807, 2.05) is 5.38 Å². The molecule has 1 aromatic rings. The van der Waals surface area contributed by atoms with Gasteiger partial charge in [0.2, 0.25) is 0 Å². The molecule has 1 N–H and O–H groups in total. The van der Waals surface area contributed by atoms with Crippen molar-refractivity contribution in [1.82, 2.24) is 5.32 Å².